The SMILES string of the molecule is CC(CN(Cc1ccc(C(=O)O)o1)C(C)C)C(=O)O. The molecule has 0 fully saturated rings. The Morgan fingerprint density at radius 2 is 1.89 bits per heavy atom. The van der Waals surface area contributed by atoms with Gasteiger partial charge in [-0.1, -0.05) is 6.92 Å². The zero-order valence-electron chi connectivity index (χ0n) is 11.3. The van der Waals surface area contributed by atoms with E-state index in [4.69, 9.17) is 14.6 Å². The lowest BCUT2D eigenvalue weighted by atomic mass is 10.1. The number of aromatic carboxylic acids is 1. The Kier molecular flexibility index (Phi) is 5.11. The average Bonchev–Trinajstić information content (AvgIpc) is 2.76. The van der Waals surface area contributed by atoms with E-state index in [0.717, 1.165) is 0 Å². The second-order valence-corrected chi connectivity index (χ2v) is 4.83. The maximum atomic E-state index is 10.9. The van der Waals surface area contributed by atoms with E-state index in [2.05, 4.69) is 0 Å². The standard InChI is InChI=1S/C13H19NO5/c1-8(2)14(6-9(3)12(15)16)7-10-4-5-11(19-10)13(17)18/h4-5,8-9H,6-7H2,1-3H3,(H,15,16)(H,17,18). The molecule has 0 aliphatic rings. The van der Waals surface area contributed by atoms with Gasteiger partial charge in [-0.25, -0.2) is 4.79 Å². The minimum atomic E-state index is -1.11. The lowest BCUT2D eigenvalue weighted by Gasteiger charge is -2.27. The van der Waals surface area contributed by atoms with Gasteiger partial charge in [0.1, 0.15) is 5.76 Å². The van der Waals surface area contributed by atoms with Gasteiger partial charge in [-0.2, -0.15) is 0 Å². The van der Waals surface area contributed by atoms with Gasteiger partial charge in [0.05, 0.1) is 12.5 Å². The Hall–Kier alpha value is -1.82. The third kappa shape index (κ3) is 4.40. The van der Waals surface area contributed by atoms with Crippen LogP contribution in [0.1, 0.15) is 37.1 Å². The van der Waals surface area contributed by atoms with E-state index >= 15 is 0 Å². The topological polar surface area (TPSA) is 91.0 Å². The average molecular weight is 269 g/mol. The molecule has 1 heterocycles. The zero-order valence-corrected chi connectivity index (χ0v) is 11.3. The second-order valence-electron chi connectivity index (χ2n) is 4.83. The van der Waals surface area contributed by atoms with Crippen LogP contribution in [-0.4, -0.2) is 39.6 Å². The Morgan fingerprint density at radius 3 is 2.32 bits per heavy atom. The molecule has 2 N–H and O–H groups in total. The van der Waals surface area contributed by atoms with E-state index in [1.165, 1.54) is 6.07 Å². The van der Waals surface area contributed by atoms with Crippen LogP contribution in [0.2, 0.25) is 0 Å². The van der Waals surface area contributed by atoms with Crippen molar-refractivity contribution in [1.82, 2.24) is 4.90 Å². The van der Waals surface area contributed by atoms with Gasteiger partial charge in [0.25, 0.3) is 0 Å². The Labute approximate surface area is 111 Å². The van der Waals surface area contributed by atoms with E-state index in [1.807, 2.05) is 18.7 Å². The van der Waals surface area contributed by atoms with Crippen molar-refractivity contribution in [3.8, 4) is 0 Å². The number of furan rings is 1. The summed E-state index contributed by atoms with van der Waals surface area (Å²) in [6.45, 7) is 6.33. The predicted octanol–water partition coefficient (Wildman–Crippen LogP) is 1.91. The van der Waals surface area contributed by atoms with Crippen LogP contribution in [0.25, 0.3) is 0 Å². The molecule has 19 heavy (non-hydrogen) atoms. The molecule has 1 rings (SSSR count). The Bertz CT molecular complexity index is 452. The molecule has 0 saturated carbocycles. The minimum Gasteiger partial charge on any atom is -0.481 e. The maximum absolute atomic E-state index is 10.9. The van der Waals surface area contributed by atoms with Gasteiger partial charge >= 0.3 is 11.9 Å². The number of rotatable bonds is 7. The van der Waals surface area contributed by atoms with Gasteiger partial charge in [-0.05, 0) is 26.0 Å². The highest BCUT2D eigenvalue weighted by Gasteiger charge is 2.20. The molecule has 0 bridgehead atoms. The number of hydrogen-bond acceptors (Lipinski definition) is 4. The first kappa shape index (κ1) is 15.2. The zero-order chi connectivity index (χ0) is 14.6. The number of hydrogen-bond donors (Lipinski definition) is 2. The molecule has 0 aliphatic carbocycles. The summed E-state index contributed by atoms with van der Waals surface area (Å²) in [5, 5.41) is 17.7. The van der Waals surface area contributed by atoms with E-state index in [1.54, 1.807) is 13.0 Å². The third-order valence-electron chi connectivity index (χ3n) is 2.89. The summed E-state index contributed by atoms with van der Waals surface area (Å²) in [5.74, 6) is -2.04. The molecular weight excluding hydrogens is 250 g/mol. The number of nitrogens with zero attached hydrogens (tertiary/aromatic N) is 1. The molecule has 1 aromatic heterocycles. The van der Waals surface area contributed by atoms with Crippen molar-refractivity contribution in [2.75, 3.05) is 6.54 Å². The van der Waals surface area contributed by atoms with Crippen LogP contribution < -0.4 is 0 Å². The first-order chi connectivity index (χ1) is 8.81. The number of aliphatic carboxylic acids is 1. The van der Waals surface area contributed by atoms with E-state index < -0.39 is 17.9 Å². The predicted molar refractivity (Wildman–Crippen MR) is 68.0 cm³/mol. The lowest BCUT2D eigenvalue weighted by Crippen LogP contribution is -2.36. The number of carbonyl (C=O) groups is 2. The molecule has 0 aromatic carbocycles. The summed E-state index contributed by atoms with van der Waals surface area (Å²) in [4.78, 5) is 23.5. The molecule has 0 amide bonds. The fourth-order valence-electron chi connectivity index (χ4n) is 1.67. The number of carboxylic acids is 2. The summed E-state index contributed by atoms with van der Waals surface area (Å²) in [7, 11) is 0. The molecule has 1 unspecified atom stereocenters. The van der Waals surface area contributed by atoms with Crippen molar-refractivity contribution in [3.05, 3.63) is 23.7 Å². The van der Waals surface area contributed by atoms with Crippen LogP contribution in [0, 0.1) is 5.92 Å². The summed E-state index contributed by atoms with van der Waals surface area (Å²) < 4.78 is 5.18. The quantitative estimate of drug-likeness (QED) is 0.785. The van der Waals surface area contributed by atoms with Crippen molar-refractivity contribution >= 4 is 11.9 Å². The summed E-state index contributed by atoms with van der Waals surface area (Å²) >= 11 is 0. The largest absolute Gasteiger partial charge is 0.481 e. The Balaban J connectivity index is 2.72. The van der Waals surface area contributed by atoms with Crippen molar-refractivity contribution in [2.24, 2.45) is 5.92 Å². The monoisotopic (exact) mass is 269 g/mol. The van der Waals surface area contributed by atoms with Crippen LogP contribution in [-0.2, 0) is 11.3 Å². The molecule has 106 valence electrons. The summed E-state index contributed by atoms with van der Waals surface area (Å²) in [5.41, 5.74) is 0. The van der Waals surface area contributed by atoms with E-state index in [0.29, 0.717) is 18.8 Å². The third-order valence-corrected chi connectivity index (χ3v) is 2.89. The highest BCUT2D eigenvalue weighted by molar-refractivity contribution is 5.84. The van der Waals surface area contributed by atoms with Crippen LogP contribution in [0.4, 0.5) is 0 Å². The maximum Gasteiger partial charge on any atom is 0.371 e. The smallest absolute Gasteiger partial charge is 0.371 e. The van der Waals surface area contributed by atoms with Crippen molar-refractivity contribution in [3.63, 3.8) is 0 Å². The van der Waals surface area contributed by atoms with Crippen LogP contribution in [0.5, 0.6) is 0 Å². The van der Waals surface area contributed by atoms with Gasteiger partial charge in [-0.3, -0.25) is 9.69 Å². The molecule has 0 radical (unpaired) electrons. The van der Waals surface area contributed by atoms with Gasteiger partial charge in [0, 0.05) is 12.6 Å². The molecule has 1 atom stereocenters. The normalized spacial score (nSPS) is 12.9. The van der Waals surface area contributed by atoms with E-state index in [-0.39, 0.29) is 11.8 Å². The lowest BCUT2D eigenvalue weighted by molar-refractivity contribution is -0.142. The van der Waals surface area contributed by atoms with Gasteiger partial charge in [0.15, 0.2) is 0 Å². The molecule has 0 spiro atoms. The van der Waals surface area contributed by atoms with Crippen LogP contribution in [0.3, 0.4) is 0 Å². The Morgan fingerprint density at radius 1 is 1.26 bits per heavy atom. The fourth-order valence-corrected chi connectivity index (χ4v) is 1.67. The van der Waals surface area contributed by atoms with Crippen LogP contribution >= 0.6 is 0 Å². The molecule has 0 saturated heterocycles. The fraction of sp³-hybridized carbons (Fsp3) is 0.538. The van der Waals surface area contributed by atoms with Gasteiger partial charge in [-0.15, -0.1) is 0 Å². The van der Waals surface area contributed by atoms with Crippen molar-refractivity contribution < 1.29 is 24.2 Å². The highest BCUT2D eigenvalue weighted by atomic mass is 16.4. The van der Waals surface area contributed by atoms with Gasteiger partial charge < -0.3 is 14.6 Å². The summed E-state index contributed by atoms with van der Waals surface area (Å²) in [6, 6.07) is 3.14. The van der Waals surface area contributed by atoms with Crippen LogP contribution in [0.15, 0.2) is 16.5 Å². The van der Waals surface area contributed by atoms with Crippen molar-refractivity contribution in [1.29, 1.82) is 0 Å². The first-order valence-corrected chi connectivity index (χ1v) is 6.10. The van der Waals surface area contributed by atoms with Gasteiger partial charge in [0.2, 0.25) is 5.76 Å². The number of carboxylic acid groups (broad SMARTS) is 2. The molecule has 1 aromatic rings. The highest BCUT2D eigenvalue weighted by Crippen LogP contribution is 2.14. The summed E-state index contributed by atoms with van der Waals surface area (Å²) in [6.07, 6.45) is 0. The molecule has 6 heteroatoms. The van der Waals surface area contributed by atoms with E-state index in [9.17, 15) is 9.59 Å². The molecule has 0 aliphatic heterocycles. The molecular formula is C13H19NO5. The molecule has 6 nitrogen and oxygen atoms in total. The minimum absolute atomic E-state index is 0.106. The first-order valence-electron chi connectivity index (χ1n) is 6.10. The van der Waals surface area contributed by atoms with Crippen molar-refractivity contribution in [2.45, 2.75) is 33.4 Å². The second kappa shape index (κ2) is 6.38.